The number of hydrogen-bond acceptors (Lipinski definition) is 2. The fourth-order valence-electron chi connectivity index (χ4n) is 1.27. The molecule has 0 aliphatic carbocycles. The van der Waals surface area contributed by atoms with E-state index in [9.17, 15) is 13.6 Å². The fraction of sp³-hybridized carbons (Fsp3) is 0.364. The number of halogens is 2. The van der Waals surface area contributed by atoms with Crippen LogP contribution in [0.2, 0.25) is 0 Å². The Kier molecular flexibility index (Phi) is 3.95. The molecule has 0 spiro atoms. The van der Waals surface area contributed by atoms with Gasteiger partial charge in [0.1, 0.15) is 11.6 Å². The van der Waals surface area contributed by atoms with Gasteiger partial charge in [-0.1, -0.05) is 0 Å². The van der Waals surface area contributed by atoms with Gasteiger partial charge in [0.2, 0.25) is 5.91 Å². The second-order valence-corrected chi connectivity index (χ2v) is 3.68. The van der Waals surface area contributed by atoms with E-state index in [1.807, 2.05) is 0 Å². The molecule has 1 aromatic carbocycles. The average Bonchev–Trinajstić information content (AvgIpc) is 2.21. The zero-order valence-electron chi connectivity index (χ0n) is 9.13. The van der Waals surface area contributed by atoms with Crippen LogP contribution in [0.3, 0.4) is 0 Å². The lowest BCUT2D eigenvalue weighted by Crippen LogP contribution is -2.39. The van der Waals surface area contributed by atoms with Crippen LogP contribution in [0.1, 0.15) is 25.5 Å². The van der Waals surface area contributed by atoms with Crippen LogP contribution < -0.4 is 11.1 Å². The van der Waals surface area contributed by atoms with Gasteiger partial charge in [0.25, 0.3) is 0 Å². The summed E-state index contributed by atoms with van der Waals surface area (Å²) in [5, 5.41) is 2.49. The summed E-state index contributed by atoms with van der Waals surface area (Å²) in [7, 11) is 0. The summed E-state index contributed by atoms with van der Waals surface area (Å²) in [5.41, 5.74) is 5.46. The molecular formula is C11H14F2N2O. The number of carbonyl (C=O) groups excluding carboxylic acids is 1. The Labute approximate surface area is 92.6 Å². The first-order chi connectivity index (χ1) is 7.41. The van der Waals surface area contributed by atoms with Gasteiger partial charge in [0.15, 0.2) is 0 Å². The number of nitrogens with two attached hydrogens (primary N) is 1. The Bertz CT molecular complexity index is 394. The van der Waals surface area contributed by atoms with Crippen molar-refractivity contribution in [3.63, 3.8) is 0 Å². The average molecular weight is 228 g/mol. The summed E-state index contributed by atoms with van der Waals surface area (Å²) < 4.78 is 26.2. The Hall–Kier alpha value is -1.49. The zero-order chi connectivity index (χ0) is 12.3. The van der Waals surface area contributed by atoms with E-state index in [1.54, 1.807) is 6.92 Å². The monoisotopic (exact) mass is 228 g/mol. The smallest absolute Gasteiger partial charge is 0.237 e. The molecule has 1 amide bonds. The standard InChI is InChI=1S/C11H14F2N2O/c1-6(14)11(16)15-7(2)9-5-8(12)3-4-10(9)13/h3-7H,14H2,1-2H3,(H,15,16). The van der Waals surface area contributed by atoms with Crippen molar-refractivity contribution in [2.24, 2.45) is 5.73 Å². The molecule has 2 unspecified atom stereocenters. The SMILES string of the molecule is CC(N)C(=O)NC(C)c1cc(F)ccc1F. The number of hydrogen-bond donors (Lipinski definition) is 2. The maximum Gasteiger partial charge on any atom is 0.237 e. The van der Waals surface area contributed by atoms with E-state index >= 15 is 0 Å². The Morgan fingerprint density at radius 2 is 2.00 bits per heavy atom. The molecule has 5 heteroatoms. The van der Waals surface area contributed by atoms with E-state index in [-0.39, 0.29) is 5.56 Å². The summed E-state index contributed by atoms with van der Waals surface area (Å²) in [5.74, 6) is -1.51. The van der Waals surface area contributed by atoms with E-state index in [1.165, 1.54) is 6.92 Å². The number of carbonyl (C=O) groups is 1. The lowest BCUT2D eigenvalue weighted by atomic mass is 10.1. The summed E-state index contributed by atoms with van der Waals surface area (Å²) in [6.45, 7) is 3.09. The molecule has 3 nitrogen and oxygen atoms in total. The molecule has 3 N–H and O–H groups in total. The maximum absolute atomic E-state index is 13.3. The second-order valence-electron chi connectivity index (χ2n) is 3.68. The van der Waals surface area contributed by atoms with Crippen LogP contribution in [0.5, 0.6) is 0 Å². The molecule has 1 aromatic rings. The molecule has 0 fully saturated rings. The van der Waals surface area contributed by atoms with Crippen LogP contribution in [0.25, 0.3) is 0 Å². The Morgan fingerprint density at radius 1 is 1.38 bits per heavy atom. The maximum atomic E-state index is 13.3. The van der Waals surface area contributed by atoms with Crippen LogP contribution >= 0.6 is 0 Å². The fourth-order valence-corrected chi connectivity index (χ4v) is 1.27. The molecule has 0 aliphatic heterocycles. The highest BCUT2D eigenvalue weighted by molar-refractivity contribution is 5.81. The van der Waals surface area contributed by atoms with Gasteiger partial charge in [-0.05, 0) is 32.0 Å². The minimum atomic E-state index is -0.681. The quantitative estimate of drug-likeness (QED) is 0.823. The summed E-state index contributed by atoms with van der Waals surface area (Å²) in [4.78, 5) is 11.3. The van der Waals surface area contributed by atoms with Crippen molar-refractivity contribution in [3.8, 4) is 0 Å². The molecule has 0 aliphatic rings. The lowest BCUT2D eigenvalue weighted by molar-refractivity contribution is -0.122. The predicted octanol–water partition coefficient (Wildman–Crippen LogP) is 1.49. The van der Waals surface area contributed by atoms with E-state index < -0.39 is 29.6 Å². The van der Waals surface area contributed by atoms with E-state index in [2.05, 4.69) is 5.32 Å². The first kappa shape index (κ1) is 12.6. The minimum absolute atomic E-state index is 0.106. The molecule has 16 heavy (non-hydrogen) atoms. The molecular weight excluding hydrogens is 214 g/mol. The molecule has 0 radical (unpaired) electrons. The molecule has 88 valence electrons. The van der Waals surface area contributed by atoms with Crippen molar-refractivity contribution in [2.75, 3.05) is 0 Å². The number of benzene rings is 1. The van der Waals surface area contributed by atoms with E-state index in [0.717, 1.165) is 18.2 Å². The van der Waals surface area contributed by atoms with Gasteiger partial charge < -0.3 is 11.1 Å². The third-order valence-electron chi connectivity index (χ3n) is 2.20. The first-order valence-corrected chi connectivity index (χ1v) is 4.92. The molecule has 0 bridgehead atoms. The van der Waals surface area contributed by atoms with Gasteiger partial charge in [-0.15, -0.1) is 0 Å². The highest BCUT2D eigenvalue weighted by Crippen LogP contribution is 2.17. The van der Waals surface area contributed by atoms with Gasteiger partial charge in [-0.25, -0.2) is 8.78 Å². The van der Waals surface area contributed by atoms with Crippen LogP contribution in [0.15, 0.2) is 18.2 Å². The molecule has 1 rings (SSSR count). The van der Waals surface area contributed by atoms with Crippen LogP contribution in [-0.2, 0) is 4.79 Å². The van der Waals surface area contributed by atoms with E-state index in [4.69, 9.17) is 5.73 Å². The molecule has 0 heterocycles. The first-order valence-electron chi connectivity index (χ1n) is 4.92. The van der Waals surface area contributed by atoms with Gasteiger partial charge in [0, 0.05) is 5.56 Å². The molecule has 0 saturated heterocycles. The third-order valence-corrected chi connectivity index (χ3v) is 2.20. The zero-order valence-corrected chi connectivity index (χ0v) is 9.13. The van der Waals surface area contributed by atoms with Crippen molar-refractivity contribution in [3.05, 3.63) is 35.4 Å². The Morgan fingerprint density at radius 3 is 2.56 bits per heavy atom. The van der Waals surface area contributed by atoms with Crippen LogP contribution in [-0.4, -0.2) is 11.9 Å². The topological polar surface area (TPSA) is 55.1 Å². The molecule has 0 saturated carbocycles. The highest BCUT2D eigenvalue weighted by atomic mass is 19.1. The summed E-state index contributed by atoms with van der Waals surface area (Å²) in [6.07, 6.45) is 0. The van der Waals surface area contributed by atoms with Gasteiger partial charge in [-0.2, -0.15) is 0 Å². The predicted molar refractivity (Wildman–Crippen MR) is 56.6 cm³/mol. The number of rotatable bonds is 3. The molecule has 0 aromatic heterocycles. The number of nitrogens with one attached hydrogen (secondary N) is 1. The van der Waals surface area contributed by atoms with Gasteiger partial charge >= 0.3 is 0 Å². The summed E-state index contributed by atoms with van der Waals surface area (Å²) in [6, 6.07) is 1.81. The Balaban J connectivity index is 2.84. The lowest BCUT2D eigenvalue weighted by Gasteiger charge is -2.16. The molecule has 2 atom stereocenters. The normalized spacial score (nSPS) is 14.3. The highest BCUT2D eigenvalue weighted by Gasteiger charge is 2.16. The van der Waals surface area contributed by atoms with Crippen LogP contribution in [0, 0.1) is 11.6 Å². The van der Waals surface area contributed by atoms with Crippen molar-refractivity contribution in [1.82, 2.24) is 5.32 Å². The second kappa shape index (κ2) is 5.03. The largest absolute Gasteiger partial charge is 0.348 e. The van der Waals surface area contributed by atoms with Crippen molar-refractivity contribution < 1.29 is 13.6 Å². The van der Waals surface area contributed by atoms with Gasteiger partial charge in [0.05, 0.1) is 12.1 Å². The van der Waals surface area contributed by atoms with Gasteiger partial charge in [-0.3, -0.25) is 4.79 Å². The van der Waals surface area contributed by atoms with Crippen LogP contribution in [0.4, 0.5) is 8.78 Å². The number of amides is 1. The van der Waals surface area contributed by atoms with Crippen molar-refractivity contribution >= 4 is 5.91 Å². The summed E-state index contributed by atoms with van der Waals surface area (Å²) >= 11 is 0. The third kappa shape index (κ3) is 3.00. The van der Waals surface area contributed by atoms with Crippen molar-refractivity contribution in [2.45, 2.75) is 25.9 Å². The van der Waals surface area contributed by atoms with Crippen molar-refractivity contribution in [1.29, 1.82) is 0 Å². The van der Waals surface area contributed by atoms with E-state index in [0.29, 0.717) is 0 Å². The minimum Gasteiger partial charge on any atom is -0.348 e.